The summed E-state index contributed by atoms with van der Waals surface area (Å²) >= 11 is 0. The first-order chi connectivity index (χ1) is 7.24. The van der Waals surface area contributed by atoms with E-state index in [0.29, 0.717) is 13.2 Å². The third-order valence-corrected chi connectivity index (χ3v) is 2.50. The first-order valence-electron chi connectivity index (χ1n) is 5.47. The molecule has 0 aromatic heterocycles. The maximum absolute atomic E-state index is 11.7. The number of piperazine rings is 1. The lowest BCUT2D eigenvalue weighted by atomic mass is 10.2. The third kappa shape index (κ3) is 4.59. The standard InChI is InChI=1S/C10H21N3O2/c1-8(3-6-15-2)13-10(14)9-7-11-4-5-12-9/h8-9,11-12H,3-7H2,1-2H3,(H,13,14). The third-order valence-electron chi connectivity index (χ3n) is 2.50. The van der Waals surface area contributed by atoms with Crippen molar-refractivity contribution >= 4 is 5.91 Å². The predicted molar refractivity (Wildman–Crippen MR) is 58.8 cm³/mol. The van der Waals surface area contributed by atoms with Crippen molar-refractivity contribution in [1.82, 2.24) is 16.0 Å². The van der Waals surface area contributed by atoms with Crippen LogP contribution in [0.5, 0.6) is 0 Å². The molecule has 0 radical (unpaired) electrons. The molecule has 1 saturated heterocycles. The molecular formula is C10H21N3O2. The van der Waals surface area contributed by atoms with E-state index in [0.717, 1.165) is 19.5 Å². The van der Waals surface area contributed by atoms with Gasteiger partial charge in [-0.3, -0.25) is 4.79 Å². The highest BCUT2D eigenvalue weighted by atomic mass is 16.5. The fourth-order valence-corrected chi connectivity index (χ4v) is 1.55. The Morgan fingerprint density at radius 2 is 2.40 bits per heavy atom. The lowest BCUT2D eigenvalue weighted by Gasteiger charge is -2.25. The van der Waals surface area contributed by atoms with Crippen LogP contribution >= 0.6 is 0 Å². The fourth-order valence-electron chi connectivity index (χ4n) is 1.55. The summed E-state index contributed by atoms with van der Waals surface area (Å²) in [5.41, 5.74) is 0. The molecule has 1 heterocycles. The van der Waals surface area contributed by atoms with Crippen LogP contribution in [0.4, 0.5) is 0 Å². The van der Waals surface area contributed by atoms with E-state index in [1.165, 1.54) is 0 Å². The Morgan fingerprint density at radius 3 is 3.00 bits per heavy atom. The Balaban J connectivity index is 2.21. The molecule has 2 unspecified atom stereocenters. The Labute approximate surface area is 90.9 Å². The van der Waals surface area contributed by atoms with Gasteiger partial charge < -0.3 is 20.7 Å². The SMILES string of the molecule is COCCC(C)NC(=O)C1CNCCN1. The van der Waals surface area contributed by atoms with Gasteiger partial charge in [-0.1, -0.05) is 0 Å². The molecule has 3 N–H and O–H groups in total. The van der Waals surface area contributed by atoms with Gasteiger partial charge >= 0.3 is 0 Å². The largest absolute Gasteiger partial charge is 0.385 e. The summed E-state index contributed by atoms with van der Waals surface area (Å²) in [6.45, 7) is 5.17. The Kier molecular flexibility index (Phi) is 5.60. The van der Waals surface area contributed by atoms with Crippen LogP contribution in [-0.2, 0) is 9.53 Å². The average Bonchev–Trinajstić information content (AvgIpc) is 2.27. The van der Waals surface area contributed by atoms with Crippen molar-refractivity contribution in [2.24, 2.45) is 0 Å². The highest BCUT2D eigenvalue weighted by Crippen LogP contribution is 1.94. The number of carbonyl (C=O) groups excluding carboxylic acids is 1. The molecule has 15 heavy (non-hydrogen) atoms. The monoisotopic (exact) mass is 215 g/mol. The number of ether oxygens (including phenoxy) is 1. The first kappa shape index (κ1) is 12.4. The van der Waals surface area contributed by atoms with Gasteiger partial charge in [0, 0.05) is 39.4 Å². The predicted octanol–water partition coefficient (Wildman–Crippen LogP) is -0.911. The summed E-state index contributed by atoms with van der Waals surface area (Å²) in [7, 11) is 1.67. The number of rotatable bonds is 5. The van der Waals surface area contributed by atoms with E-state index in [-0.39, 0.29) is 18.0 Å². The van der Waals surface area contributed by atoms with Gasteiger partial charge in [-0.05, 0) is 13.3 Å². The number of amides is 1. The zero-order valence-corrected chi connectivity index (χ0v) is 9.51. The van der Waals surface area contributed by atoms with Gasteiger partial charge in [-0.25, -0.2) is 0 Å². The van der Waals surface area contributed by atoms with Crippen LogP contribution in [0.15, 0.2) is 0 Å². The van der Waals surface area contributed by atoms with Crippen molar-refractivity contribution in [1.29, 1.82) is 0 Å². The second-order valence-electron chi connectivity index (χ2n) is 3.90. The molecule has 0 saturated carbocycles. The zero-order valence-electron chi connectivity index (χ0n) is 9.51. The van der Waals surface area contributed by atoms with E-state index in [1.54, 1.807) is 7.11 Å². The molecule has 5 heteroatoms. The molecular weight excluding hydrogens is 194 g/mol. The molecule has 0 bridgehead atoms. The summed E-state index contributed by atoms with van der Waals surface area (Å²) < 4.78 is 4.96. The Morgan fingerprint density at radius 1 is 1.60 bits per heavy atom. The highest BCUT2D eigenvalue weighted by molar-refractivity contribution is 5.82. The van der Waals surface area contributed by atoms with E-state index < -0.39 is 0 Å². The molecule has 1 fully saturated rings. The summed E-state index contributed by atoms with van der Waals surface area (Å²) in [6.07, 6.45) is 0.850. The smallest absolute Gasteiger partial charge is 0.238 e. The van der Waals surface area contributed by atoms with Gasteiger partial charge in [0.15, 0.2) is 0 Å². The molecule has 0 spiro atoms. The number of hydrogen-bond donors (Lipinski definition) is 3. The van der Waals surface area contributed by atoms with Crippen LogP contribution in [-0.4, -0.2) is 51.3 Å². The van der Waals surface area contributed by atoms with E-state index in [9.17, 15) is 4.79 Å². The fraction of sp³-hybridized carbons (Fsp3) is 0.900. The number of carbonyl (C=O) groups is 1. The quantitative estimate of drug-likeness (QED) is 0.555. The van der Waals surface area contributed by atoms with Crippen molar-refractivity contribution < 1.29 is 9.53 Å². The van der Waals surface area contributed by atoms with Crippen LogP contribution in [0.2, 0.25) is 0 Å². The van der Waals surface area contributed by atoms with Gasteiger partial charge in [0.05, 0.1) is 6.04 Å². The minimum atomic E-state index is -0.0938. The lowest BCUT2D eigenvalue weighted by molar-refractivity contribution is -0.124. The summed E-state index contributed by atoms with van der Waals surface area (Å²) in [6, 6.07) is 0.0740. The van der Waals surface area contributed by atoms with Crippen LogP contribution in [0.3, 0.4) is 0 Å². The molecule has 1 amide bonds. The Hall–Kier alpha value is -0.650. The molecule has 2 atom stereocenters. The summed E-state index contributed by atoms with van der Waals surface area (Å²) in [4.78, 5) is 11.7. The normalized spacial score (nSPS) is 23.5. The topological polar surface area (TPSA) is 62.4 Å². The maximum Gasteiger partial charge on any atom is 0.238 e. The van der Waals surface area contributed by atoms with E-state index in [2.05, 4.69) is 16.0 Å². The molecule has 0 aromatic carbocycles. The van der Waals surface area contributed by atoms with Gasteiger partial charge in [0.25, 0.3) is 0 Å². The first-order valence-corrected chi connectivity index (χ1v) is 5.47. The summed E-state index contributed by atoms with van der Waals surface area (Å²) in [5, 5.41) is 9.32. The second kappa shape index (κ2) is 6.76. The molecule has 88 valence electrons. The zero-order chi connectivity index (χ0) is 11.1. The van der Waals surface area contributed by atoms with Gasteiger partial charge in [-0.15, -0.1) is 0 Å². The number of hydrogen-bond acceptors (Lipinski definition) is 4. The van der Waals surface area contributed by atoms with Crippen LogP contribution in [0.1, 0.15) is 13.3 Å². The number of methoxy groups -OCH3 is 1. The van der Waals surface area contributed by atoms with Crippen molar-refractivity contribution in [3.63, 3.8) is 0 Å². The summed E-state index contributed by atoms with van der Waals surface area (Å²) in [5.74, 6) is 0.0748. The van der Waals surface area contributed by atoms with Crippen molar-refractivity contribution in [2.45, 2.75) is 25.4 Å². The van der Waals surface area contributed by atoms with Gasteiger partial charge in [-0.2, -0.15) is 0 Å². The van der Waals surface area contributed by atoms with Crippen LogP contribution in [0.25, 0.3) is 0 Å². The Bertz CT molecular complexity index is 193. The minimum absolute atomic E-state index is 0.0748. The molecule has 5 nitrogen and oxygen atoms in total. The second-order valence-corrected chi connectivity index (χ2v) is 3.90. The van der Waals surface area contributed by atoms with Crippen molar-refractivity contribution in [3.8, 4) is 0 Å². The number of nitrogens with one attached hydrogen (secondary N) is 3. The molecule has 0 aromatic rings. The van der Waals surface area contributed by atoms with E-state index >= 15 is 0 Å². The van der Waals surface area contributed by atoms with Gasteiger partial charge in [0.1, 0.15) is 0 Å². The van der Waals surface area contributed by atoms with Gasteiger partial charge in [0.2, 0.25) is 5.91 Å². The van der Waals surface area contributed by atoms with Crippen LogP contribution in [0, 0.1) is 0 Å². The molecule has 1 aliphatic rings. The van der Waals surface area contributed by atoms with E-state index in [4.69, 9.17) is 4.74 Å². The molecule has 0 aliphatic carbocycles. The minimum Gasteiger partial charge on any atom is -0.385 e. The van der Waals surface area contributed by atoms with Crippen molar-refractivity contribution in [3.05, 3.63) is 0 Å². The average molecular weight is 215 g/mol. The maximum atomic E-state index is 11.7. The molecule has 1 aliphatic heterocycles. The van der Waals surface area contributed by atoms with Crippen molar-refractivity contribution in [2.75, 3.05) is 33.4 Å². The molecule has 1 rings (SSSR count). The highest BCUT2D eigenvalue weighted by Gasteiger charge is 2.20. The van der Waals surface area contributed by atoms with E-state index in [1.807, 2.05) is 6.92 Å². The lowest BCUT2D eigenvalue weighted by Crippen LogP contribution is -2.56. The van der Waals surface area contributed by atoms with Crippen LogP contribution < -0.4 is 16.0 Å².